The summed E-state index contributed by atoms with van der Waals surface area (Å²) < 4.78 is 10.1. The maximum absolute atomic E-state index is 11.7. The summed E-state index contributed by atoms with van der Waals surface area (Å²) in [7, 11) is 0. The van der Waals surface area contributed by atoms with Crippen LogP contribution >= 0.6 is 11.3 Å². The van der Waals surface area contributed by atoms with E-state index in [0.717, 1.165) is 5.01 Å². The van der Waals surface area contributed by atoms with E-state index in [4.69, 9.17) is 9.47 Å². The number of thiazole rings is 1. The molecule has 0 saturated carbocycles. The average molecular weight is 340 g/mol. The van der Waals surface area contributed by atoms with Gasteiger partial charge >= 0.3 is 12.1 Å². The minimum absolute atomic E-state index is 0.339. The molecule has 0 aliphatic rings. The first-order valence-electron chi connectivity index (χ1n) is 7.51. The van der Waals surface area contributed by atoms with Crippen LogP contribution in [0.2, 0.25) is 0 Å². The average Bonchev–Trinajstić information content (AvgIpc) is 2.78. The van der Waals surface area contributed by atoms with Gasteiger partial charge in [0.15, 0.2) is 0 Å². The number of hydrogen-bond acceptors (Lipinski definition) is 6. The van der Waals surface area contributed by atoms with Gasteiger partial charge in [0.25, 0.3) is 0 Å². The number of carbonyl (C=O) groups is 2. The predicted molar refractivity (Wildman–Crippen MR) is 90.7 cm³/mol. The van der Waals surface area contributed by atoms with Crippen LogP contribution in [0.1, 0.15) is 54.5 Å². The third-order valence-corrected chi connectivity index (χ3v) is 3.62. The van der Waals surface area contributed by atoms with Crippen molar-refractivity contribution in [2.75, 3.05) is 13.2 Å². The highest BCUT2D eigenvalue weighted by Crippen LogP contribution is 2.20. The molecule has 0 saturated heterocycles. The summed E-state index contributed by atoms with van der Waals surface area (Å²) in [5.41, 5.74) is 0.168. The van der Waals surface area contributed by atoms with E-state index in [0.29, 0.717) is 30.1 Å². The molecule has 23 heavy (non-hydrogen) atoms. The quantitative estimate of drug-likeness (QED) is 0.633. The molecule has 0 radical (unpaired) electrons. The van der Waals surface area contributed by atoms with Crippen LogP contribution in [-0.4, -0.2) is 35.8 Å². The molecule has 1 rings (SSSR count). The number of amides is 1. The lowest BCUT2D eigenvalue weighted by Crippen LogP contribution is -2.32. The van der Waals surface area contributed by atoms with Crippen LogP contribution in [0.25, 0.3) is 6.08 Å². The number of alkyl carbamates (subject to hydrolysis) is 1. The maximum atomic E-state index is 11.7. The van der Waals surface area contributed by atoms with Crippen LogP contribution < -0.4 is 5.32 Å². The van der Waals surface area contributed by atoms with Gasteiger partial charge in [0.05, 0.1) is 12.3 Å². The zero-order valence-electron chi connectivity index (χ0n) is 14.3. The van der Waals surface area contributed by atoms with Crippen LogP contribution in [0.15, 0.2) is 6.08 Å². The number of carbonyl (C=O) groups excluding carboxylic acids is 2. The number of hydrogen-bond donors (Lipinski definition) is 1. The number of nitrogens with zero attached hydrogens (tertiary/aromatic N) is 1. The van der Waals surface area contributed by atoms with Gasteiger partial charge in [-0.2, -0.15) is 0 Å². The van der Waals surface area contributed by atoms with E-state index < -0.39 is 11.7 Å². The molecule has 1 aromatic rings. The van der Waals surface area contributed by atoms with Crippen LogP contribution in [0, 0.1) is 6.92 Å². The van der Waals surface area contributed by atoms with Crippen molar-refractivity contribution in [3.05, 3.63) is 21.7 Å². The Morgan fingerprint density at radius 3 is 2.65 bits per heavy atom. The lowest BCUT2D eigenvalue weighted by Gasteiger charge is -2.19. The molecule has 1 N–H and O–H groups in total. The molecule has 0 aromatic carbocycles. The van der Waals surface area contributed by atoms with E-state index in [1.165, 1.54) is 11.3 Å². The Morgan fingerprint density at radius 2 is 2.04 bits per heavy atom. The smallest absolute Gasteiger partial charge is 0.407 e. The molecule has 1 heterocycles. The second-order valence-corrected chi connectivity index (χ2v) is 6.84. The van der Waals surface area contributed by atoms with Crippen molar-refractivity contribution in [1.82, 2.24) is 10.3 Å². The van der Waals surface area contributed by atoms with Gasteiger partial charge < -0.3 is 14.8 Å². The molecule has 0 bridgehead atoms. The third-order valence-electron chi connectivity index (χ3n) is 2.51. The summed E-state index contributed by atoms with van der Waals surface area (Å²) in [6.45, 7) is 9.82. The van der Waals surface area contributed by atoms with Crippen molar-refractivity contribution in [3.63, 3.8) is 0 Å². The zero-order chi connectivity index (χ0) is 17.5. The van der Waals surface area contributed by atoms with E-state index >= 15 is 0 Å². The minimum Gasteiger partial charge on any atom is -0.462 e. The highest BCUT2D eigenvalue weighted by molar-refractivity contribution is 7.14. The summed E-state index contributed by atoms with van der Waals surface area (Å²) >= 11 is 1.30. The molecule has 0 aliphatic heterocycles. The third kappa shape index (κ3) is 7.27. The van der Waals surface area contributed by atoms with Crippen LogP contribution in [0.4, 0.5) is 4.79 Å². The molecule has 0 atom stereocenters. The molecule has 0 fully saturated rings. The van der Waals surface area contributed by atoms with Crippen LogP contribution in [-0.2, 0) is 9.47 Å². The zero-order valence-corrected chi connectivity index (χ0v) is 15.1. The number of esters is 1. The van der Waals surface area contributed by atoms with Crippen molar-refractivity contribution in [1.29, 1.82) is 0 Å². The van der Waals surface area contributed by atoms with Gasteiger partial charge in [-0.3, -0.25) is 0 Å². The number of aromatic nitrogens is 1. The van der Waals surface area contributed by atoms with E-state index in [1.807, 2.05) is 32.9 Å². The fourth-order valence-corrected chi connectivity index (χ4v) is 2.52. The van der Waals surface area contributed by atoms with E-state index in [2.05, 4.69) is 10.3 Å². The molecule has 6 nitrogen and oxygen atoms in total. The molecule has 0 spiro atoms. The lowest BCUT2D eigenvalue weighted by atomic mass is 10.2. The Bertz CT molecular complexity index is 573. The molecule has 1 aromatic heterocycles. The van der Waals surface area contributed by atoms with Gasteiger partial charge in [-0.05, 0) is 47.1 Å². The van der Waals surface area contributed by atoms with Gasteiger partial charge in [0.1, 0.15) is 15.5 Å². The highest BCUT2D eigenvalue weighted by atomic mass is 32.1. The van der Waals surface area contributed by atoms with Crippen molar-refractivity contribution in [2.24, 2.45) is 0 Å². The van der Waals surface area contributed by atoms with E-state index in [9.17, 15) is 9.59 Å². The SMILES string of the molecule is CCOC(=O)c1sc(C=CCCNC(=O)OC(C)(C)C)nc1C. The summed E-state index contributed by atoms with van der Waals surface area (Å²) in [5, 5.41) is 3.41. The predicted octanol–water partition coefficient (Wildman–Crippen LogP) is 3.56. The van der Waals surface area contributed by atoms with Crippen molar-refractivity contribution in [3.8, 4) is 0 Å². The fourth-order valence-electron chi connectivity index (χ4n) is 1.63. The topological polar surface area (TPSA) is 77.5 Å². The monoisotopic (exact) mass is 340 g/mol. The second-order valence-electron chi connectivity index (χ2n) is 5.81. The van der Waals surface area contributed by atoms with Crippen molar-refractivity contribution >= 4 is 29.5 Å². The van der Waals surface area contributed by atoms with E-state index in [-0.39, 0.29) is 5.97 Å². The number of rotatable bonds is 6. The summed E-state index contributed by atoms with van der Waals surface area (Å²) in [6.07, 6.45) is 3.94. The molecular weight excluding hydrogens is 316 g/mol. The summed E-state index contributed by atoms with van der Waals surface area (Å²) in [5.74, 6) is -0.339. The van der Waals surface area contributed by atoms with E-state index in [1.54, 1.807) is 13.8 Å². The first-order valence-corrected chi connectivity index (χ1v) is 8.32. The summed E-state index contributed by atoms with van der Waals surface area (Å²) in [6, 6.07) is 0. The van der Waals surface area contributed by atoms with Gasteiger partial charge in [-0.1, -0.05) is 6.08 Å². The Hall–Kier alpha value is -1.89. The number of ether oxygens (including phenoxy) is 2. The number of aryl methyl sites for hydroxylation is 1. The normalized spacial score (nSPS) is 11.5. The largest absolute Gasteiger partial charge is 0.462 e. The van der Waals surface area contributed by atoms with Crippen molar-refractivity contribution < 1.29 is 19.1 Å². The van der Waals surface area contributed by atoms with Gasteiger partial charge in [0.2, 0.25) is 0 Å². The Balaban J connectivity index is 2.43. The molecule has 0 aliphatic carbocycles. The second kappa shape index (κ2) is 8.67. The van der Waals surface area contributed by atoms with Gasteiger partial charge in [0, 0.05) is 6.54 Å². The molecule has 7 heteroatoms. The molecular formula is C16H24N2O4S. The first-order chi connectivity index (χ1) is 10.7. The Labute approximate surface area is 140 Å². The summed E-state index contributed by atoms with van der Waals surface area (Å²) in [4.78, 5) is 28.0. The standard InChI is InChI=1S/C16H24N2O4S/c1-6-21-14(19)13-11(2)18-12(23-13)9-7-8-10-17-15(20)22-16(3,4)5/h7,9H,6,8,10H2,1-5H3,(H,17,20). The fraction of sp³-hybridized carbons (Fsp3) is 0.562. The Kier molecular flexibility index (Phi) is 7.22. The van der Waals surface area contributed by atoms with Crippen LogP contribution in [0.3, 0.4) is 0 Å². The maximum Gasteiger partial charge on any atom is 0.407 e. The molecule has 1 amide bonds. The highest BCUT2D eigenvalue weighted by Gasteiger charge is 2.16. The van der Waals surface area contributed by atoms with Crippen LogP contribution in [0.5, 0.6) is 0 Å². The minimum atomic E-state index is -0.498. The first kappa shape index (κ1) is 19.2. The van der Waals surface area contributed by atoms with Crippen molar-refractivity contribution in [2.45, 2.75) is 46.6 Å². The van der Waals surface area contributed by atoms with Gasteiger partial charge in [-0.15, -0.1) is 11.3 Å². The number of nitrogens with one attached hydrogen (secondary N) is 1. The molecule has 128 valence electrons. The molecule has 0 unspecified atom stereocenters. The Morgan fingerprint density at radius 1 is 1.35 bits per heavy atom. The van der Waals surface area contributed by atoms with Gasteiger partial charge in [-0.25, -0.2) is 14.6 Å². The lowest BCUT2D eigenvalue weighted by molar-refractivity contribution is 0.0519.